The van der Waals surface area contributed by atoms with Crippen molar-refractivity contribution in [2.24, 2.45) is 0 Å². The fourth-order valence-electron chi connectivity index (χ4n) is 5.03. The minimum Gasteiger partial charge on any atom is -0.454 e. The quantitative estimate of drug-likeness (QED) is 0.531. The largest absolute Gasteiger partial charge is 0.454 e. The second-order valence-electron chi connectivity index (χ2n) is 8.24. The van der Waals surface area contributed by atoms with E-state index in [2.05, 4.69) is 12.1 Å². The molecule has 6 rings (SSSR count). The normalized spacial score (nSPS) is 24.0. The van der Waals surface area contributed by atoms with Crippen molar-refractivity contribution in [1.82, 2.24) is 0 Å². The highest BCUT2D eigenvalue weighted by Crippen LogP contribution is 2.49. The lowest BCUT2D eigenvalue weighted by Crippen LogP contribution is -2.45. The molecule has 0 aromatic heterocycles. The number of ether oxygens (including phenoxy) is 2. The summed E-state index contributed by atoms with van der Waals surface area (Å²) < 4.78 is 12.2. The number of esters is 2. The van der Waals surface area contributed by atoms with E-state index in [4.69, 9.17) is 9.47 Å². The van der Waals surface area contributed by atoms with E-state index in [0.29, 0.717) is 11.1 Å². The summed E-state index contributed by atoms with van der Waals surface area (Å²) in [5.74, 6) is -0.736. The maximum absolute atomic E-state index is 13.0. The second-order valence-corrected chi connectivity index (χ2v) is 8.24. The van der Waals surface area contributed by atoms with Crippen molar-refractivity contribution < 1.29 is 19.1 Å². The van der Waals surface area contributed by atoms with Crippen molar-refractivity contribution in [2.45, 2.75) is 43.3 Å². The first-order valence-electron chi connectivity index (χ1n) is 10.8. The zero-order chi connectivity index (χ0) is 21.2. The van der Waals surface area contributed by atoms with Gasteiger partial charge >= 0.3 is 11.9 Å². The third-order valence-corrected chi connectivity index (χ3v) is 6.45. The van der Waals surface area contributed by atoms with Gasteiger partial charge in [0.05, 0.1) is 11.1 Å². The number of carbonyl (C=O) groups excluding carboxylic acids is 2. The molecule has 0 saturated heterocycles. The Morgan fingerprint density at radius 1 is 0.581 bits per heavy atom. The van der Waals surface area contributed by atoms with Gasteiger partial charge in [-0.25, -0.2) is 9.59 Å². The Hall–Kier alpha value is -3.40. The lowest BCUT2D eigenvalue weighted by Gasteiger charge is -2.40. The van der Waals surface area contributed by atoms with E-state index in [0.717, 1.165) is 19.3 Å². The maximum Gasteiger partial charge on any atom is 0.338 e. The Bertz CT molecular complexity index is 990. The van der Waals surface area contributed by atoms with Crippen LogP contribution < -0.4 is 0 Å². The van der Waals surface area contributed by atoms with Crippen LogP contribution in [0.5, 0.6) is 0 Å². The number of carbonyl (C=O) groups is 2. The van der Waals surface area contributed by atoms with Gasteiger partial charge in [-0.15, -0.1) is 0 Å². The van der Waals surface area contributed by atoms with Gasteiger partial charge in [0.1, 0.15) is 12.2 Å². The molecular formula is C27H24O4. The highest BCUT2D eigenvalue weighted by Gasteiger charge is 2.49. The lowest BCUT2D eigenvalue weighted by atomic mass is 9.74. The van der Waals surface area contributed by atoms with E-state index in [1.807, 2.05) is 48.5 Å². The molecule has 0 spiro atoms. The van der Waals surface area contributed by atoms with Crippen molar-refractivity contribution in [3.05, 3.63) is 107 Å². The fraction of sp³-hybridized carbons (Fsp3) is 0.259. The molecule has 1 fully saturated rings. The van der Waals surface area contributed by atoms with Crippen LogP contribution in [0.15, 0.2) is 84.9 Å². The molecule has 3 aromatic carbocycles. The smallest absolute Gasteiger partial charge is 0.338 e. The summed E-state index contributed by atoms with van der Waals surface area (Å²) >= 11 is 0. The zero-order valence-corrected chi connectivity index (χ0v) is 17.1. The minimum atomic E-state index is -0.511. The van der Waals surface area contributed by atoms with Crippen LogP contribution in [0.2, 0.25) is 0 Å². The predicted molar refractivity (Wildman–Crippen MR) is 117 cm³/mol. The van der Waals surface area contributed by atoms with Gasteiger partial charge < -0.3 is 9.47 Å². The Morgan fingerprint density at radius 2 is 0.968 bits per heavy atom. The first-order valence-corrected chi connectivity index (χ1v) is 10.8. The van der Waals surface area contributed by atoms with E-state index in [1.165, 1.54) is 11.1 Å². The summed E-state index contributed by atoms with van der Waals surface area (Å²) in [6.07, 6.45) is 1.78. The Kier molecular flexibility index (Phi) is 5.29. The third kappa shape index (κ3) is 3.74. The number of rotatable bonds is 4. The van der Waals surface area contributed by atoms with Gasteiger partial charge in [0.25, 0.3) is 0 Å². The molecule has 3 aliphatic carbocycles. The third-order valence-electron chi connectivity index (χ3n) is 6.45. The summed E-state index contributed by atoms with van der Waals surface area (Å²) in [7, 11) is 0. The van der Waals surface area contributed by atoms with Crippen molar-refractivity contribution in [1.29, 1.82) is 0 Å². The van der Waals surface area contributed by atoms with E-state index < -0.39 is 12.2 Å². The highest BCUT2D eigenvalue weighted by atomic mass is 16.6. The predicted octanol–water partition coefficient (Wildman–Crippen LogP) is 5.50. The van der Waals surface area contributed by atoms with Gasteiger partial charge in [-0.1, -0.05) is 67.1 Å². The van der Waals surface area contributed by atoms with Crippen molar-refractivity contribution in [3.8, 4) is 0 Å². The van der Waals surface area contributed by atoms with Crippen molar-refractivity contribution in [3.63, 3.8) is 0 Å². The zero-order valence-electron chi connectivity index (χ0n) is 17.1. The molecule has 1 saturated carbocycles. The van der Waals surface area contributed by atoms with Crippen LogP contribution in [-0.4, -0.2) is 24.1 Å². The molecule has 0 N–H and O–H groups in total. The average Bonchev–Trinajstić information content (AvgIpc) is 3.12. The number of hydrogen-bond donors (Lipinski definition) is 0. The summed E-state index contributed by atoms with van der Waals surface area (Å²) in [4.78, 5) is 25.9. The van der Waals surface area contributed by atoms with E-state index >= 15 is 0 Å². The first-order chi connectivity index (χ1) is 15.2. The molecule has 4 unspecified atom stereocenters. The molecule has 4 heteroatoms. The topological polar surface area (TPSA) is 52.6 Å². The fourth-order valence-corrected chi connectivity index (χ4v) is 5.03. The van der Waals surface area contributed by atoms with Gasteiger partial charge in [-0.2, -0.15) is 0 Å². The van der Waals surface area contributed by atoms with E-state index in [9.17, 15) is 9.59 Å². The van der Waals surface area contributed by atoms with Crippen molar-refractivity contribution in [2.75, 3.05) is 0 Å². The van der Waals surface area contributed by atoms with Crippen LogP contribution in [0.3, 0.4) is 0 Å². The minimum absolute atomic E-state index is 0.0104. The van der Waals surface area contributed by atoms with Crippen LogP contribution in [0, 0.1) is 0 Å². The summed E-state index contributed by atoms with van der Waals surface area (Å²) in [6.45, 7) is 0. The van der Waals surface area contributed by atoms with Gasteiger partial charge in [0.2, 0.25) is 0 Å². The highest BCUT2D eigenvalue weighted by molar-refractivity contribution is 5.90. The van der Waals surface area contributed by atoms with Crippen LogP contribution in [0.4, 0.5) is 0 Å². The van der Waals surface area contributed by atoms with Gasteiger partial charge in [-0.05, 0) is 48.2 Å². The van der Waals surface area contributed by atoms with Crippen LogP contribution >= 0.6 is 0 Å². The number of fused-ring (bicyclic) bond motifs is 3. The van der Waals surface area contributed by atoms with E-state index in [1.54, 1.807) is 24.3 Å². The van der Waals surface area contributed by atoms with Crippen LogP contribution in [0.1, 0.15) is 62.9 Å². The monoisotopic (exact) mass is 412 g/mol. The average molecular weight is 412 g/mol. The molecule has 0 heterocycles. The SMILES string of the molecule is O=C(OC1C2CCCC(c3ccccc32)C1OC(=O)c1ccccc1)c1ccccc1. The molecule has 2 bridgehead atoms. The molecule has 0 radical (unpaired) electrons. The molecule has 4 nitrogen and oxygen atoms in total. The van der Waals surface area contributed by atoms with Crippen molar-refractivity contribution >= 4 is 11.9 Å². The lowest BCUT2D eigenvalue weighted by molar-refractivity contribution is -0.0555. The molecule has 31 heavy (non-hydrogen) atoms. The molecule has 3 aliphatic rings. The molecule has 0 amide bonds. The first kappa shape index (κ1) is 19.6. The van der Waals surface area contributed by atoms with Gasteiger partial charge in [-0.3, -0.25) is 0 Å². The second kappa shape index (κ2) is 8.38. The standard InChI is InChI=1S/C27H24O4/c28-26(18-10-3-1-4-11-18)30-24-22-16-9-17-23(21-15-8-7-14-20(21)22)25(24)31-27(29)19-12-5-2-6-13-19/h1-8,10-15,22-25H,9,16-17H2. The Labute approximate surface area is 181 Å². The summed E-state index contributed by atoms with van der Waals surface area (Å²) in [5.41, 5.74) is 3.43. The maximum atomic E-state index is 13.0. The number of benzene rings is 3. The summed E-state index contributed by atoms with van der Waals surface area (Å²) in [5, 5.41) is 0. The summed E-state index contributed by atoms with van der Waals surface area (Å²) in [6, 6.07) is 26.3. The van der Waals surface area contributed by atoms with Gasteiger partial charge in [0.15, 0.2) is 0 Å². The molecular weight excluding hydrogens is 388 g/mol. The van der Waals surface area contributed by atoms with E-state index in [-0.39, 0.29) is 23.8 Å². The Balaban J connectivity index is 1.51. The molecule has 0 aliphatic heterocycles. The Morgan fingerprint density at radius 3 is 1.39 bits per heavy atom. The van der Waals surface area contributed by atoms with Crippen LogP contribution in [0.25, 0.3) is 0 Å². The molecule has 4 atom stereocenters. The number of hydrogen-bond acceptors (Lipinski definition) is 4. The molecule has 156 valence electrons. The molecule has 3 aromatic rings. The van der Waals surface area contributed by atoms with Gasteiger partial charge in [0, 0.05) is 11.8 Å². The van der Waals surface area contributed by atoms with Crippen LogP contribution in [-0.2, 0) is 9.47 Å².